The zero-order chi connectivity index (χ0) is 25.4. The van der Waals surface area contributed by atoms with Crippen molar-refractivity contribution in [3.05, 3.63) is 101 Å². The number of amides is 1. The van der Waals surface area contributed by atoms with Crippen LogP contribution in [0.3, 0.4) is 0 Å². The normalized spacial score (nSPS) is 17.2. The van der Waals surface area contributed by atoms with Crippen molar-refractivity contribution in [2.45, 2.75) is 19.4 Å². The van der Waals surface area contributed by atoms with Gasteiger partial charge < -0.3 is 24.8 Å². The Labute approximate surface area is 208 Å². The third-order valence-electron chi connectivity index (χ3n) is 6.68. The van der Waals surface area contributed by atoms with Crippen molar-refractivity contribution >= 4 is 28.4 Å². The number of benzene rings is 3. The van der Waals surface area contributed by atoms with Gasteiger partial charge in [0.25, 0.3) is 11.7 Å². The highest BCUT2D eigenvalue weighted by molar-refractivity contribution is 6.46. The van der Waals surface area contributed by atoms with Crippen LogP contribution >= 0.6 is 0 Å². The molecule has 4 aromatic rings. The Balaban J connectivity index is 1.59. The maximum atomic E-state index is 13.3. The van der Waals surface area contributed by atoms with Crippen molar-refractivity contribution in [2.75, 3.05) is 13.7 Å². The van der Waals surface area contributed by atoms with E-state index >= 15 is 0 Å². The molecule has 1 saturated heterocycles. The zero-order valence-electron chi connectivity index (χ0n) is 20.0. The fraction of sp³-hybridized carbons (Fsp3) is 0.172. The number of aliphatic hydroxyl groups excluding tert-OH is 1. The number of likely N-dealkylation sites (tertiary alicyclic amines) is 1. The third-order valence-corrected chi connectivity index (χ3v) is 6.68. The van der Waals surface area contributed by atoms with E-state index in [2.05, 4.69) is 4.98 Å². The number of H-pyrrole nitrogens is 1. The summed E-state index contributed by atoms with van der Waals surface area (Å²) in [5, 5.41) is 22.4. The lowest BCUT2D eigenvalue weighted by Crippen LogP contribution is -2.31. The molecule has 0 aliphatic carbocycles. The Hall–Kier alpha value is -4.52. The molecular formula is C29H26N2O5. The minimum absolute atomic E-state index is 0.00974. The number of aryl methyl sites for hydroxylation is 1. The minimum Gasteiger partial charge on any atom is -0.507 e. The van der Waals surface area contributed by atoms with Gasteiger partial charge in [-0.05, 0) is 42.7 Å². The van der Waals surface area contributed by atoms with Gasteiger partial charge in [0, 0.05) is 29.2 Å². The van der Waals surface area contributed by atoms with Gasteiger partial charge in [-0.3, -0.25) is 9.59 Å². The first kappa shape index (κ1) is 23.2. The number of nitrogens with zero attached hydrogens (tertiary/aromatic N) is 1. The third kappa shape index (κ3) is 3.98. The van der Waals surface area contributed by atoms with Gasteiger partial charge in [-0.2, -0.15) is 0 Å². The molecule has 1 aromatic heterocycles. The van der Waals surface area contributed by atoms with Crippen LogP contribution in [0, 0.1) is 6.92 Å². The summed E-state index contributed by atoms with van der Waals surface area (Å²) < 4.78 is 5.27. The maximum Gasteiger partial charge on any atom is 0.295 e. The summed E-state index contributed by atoms with van der Waals surface area (Å²) in [7, 11) is 1.43. The molecule has 36 heavy (non-hydrogen) atoms. The number of fused-ring (bicyclic) bond motifs is 1. The van der Waals surface area contributed by atoms with Crippen molar-refractivity contribution < 1.29 is 24.5 Å². The van der Waals surface area contributed by atoms with Crippen LogP contribution in [0.5, 0.6) is 11.5 Å². The number of aliphatic hydroxyl groups is 1. The SMILES string of the molecule is COc1cc(C2/C(=C(\O)c3ccc(C)cc3)C(=O)C(=O)N2CCc2c[nH]c3ccccc23)ccc1O. The number of nitrogens with one attached hydrogen (secondary N) is 1. The molecule has 0 bridgehead atoms. The molecule has 1 atom stereocenters. The van der Waals surface area contributed by atoms with E-state index in [-0.39, 0.29) is 29.4 Å². The lowest BCUT2D eigenvalue weighted by molar-refractivity contribution is -0.139. The van der Waals surface area contributed by atoms with E-state index in [1.165, 1.54) is 18.1 Å². The Morgan fingerprint density at radius 1 is 1.06 bits per heavy atom. The van der Waals surface area contributed by atoms with E-state index < -0.39 is 17.7 Å². The number of methoxy groups -OCH3 is 1. The van der Waals surface area contributed by atoms with Gasteiger partial charge in [0.15, 0.2) is 11.5 Å². The van der Waals surface area contributed by atoms with Gasteiger partial charge in [0.2, 0.25) is 0 Å². The van der Waals surface area contributed by atoms with E-state index in [4.69, 9.17) is 4.74 Å². The average molecular weight is 483 g/mol. The number of phenols is 1. The Bertz CT molecular complexity index is 1500. The minimum atomic E-state index is -0.842. The molecule has 5 rings (SSSR count). The molecule has 3 aromatic carbocycles. The van der Waals surface area contributed by atoms with Crippen LogP contribution in [0.1, 0.15) is 28.3 Å². The Morgan fingerprint density at radius 3 is 2.56 bits per heavy atom. The van der Waals surface area contributed by atoms with Crippen LogP contribution < -0.4 is 4.74 Å². The molecule has 1 fully saturated rings. The van der Waals surface area contributed by atoms with E-state index in [0.717, 1.165) is 22.0 Å². The zero-order valence-corrected chi connectivity index (χ0v) is 20.0. The lowest BCUT2D eigenvalue weighted by Gasteiger charge is -2.25. The number of hydrogen-bond acceptors (Lipinski definition) is 5. The highest BCUT2D eigenvalue weighted by Crippen LogP contribution is 2.42. The van der Waals surface area contributed by atoms with E-state index in [0.29, 0.717) is 17.5 Å². The fourth-order valence-electron chi connectivity index (χ4n) is 4.77. The van der Waals surface area contributed by atoms with Crippen LogP contribution in [0.2, 0.25) is 0 Å². The molecule has 2 heterocycles. The second kappa shape index (κ2) is 9.26. The quantitative estimate of drug-likeness (QED) is 0.207. The van der Waals surface area contributed by atoms with Crippen LogP contribution in [0.4, 0.5) is 0 Å². The number of carbonyl (C=O) groups is 2. The first-order valence-corrected chi connectivity index (χ1v) is 11.7. The highest BCUT2D eigenvalue weighted by Gasteiger charge is 2.46. The molecule has 182 valence electrons. The maximum absolute atomic E-state index is 13.3. The molecule has 0 radical (unpaired) electrons. The van der Waals surface area contributed by atoms with Gasteiger partial charge in [-0.15, -0.1) is 0 Å². The number of aromatic hydroxyl groups is 1. The number of ether oxygens (including phenoxy) is 1. The molecule has 1 unspecified atom stereocenters. The van der Waals surface area contributed by atoms with E-state index in [1.807, 2.05) is 49.5 Å². The summed E-state index contributed by atoms with van der Waals surface area (Å²) in [5.74, 6) is -1.51. The number of para-hydroxylation sites is 1. The average Bonchev–Trinajstić information content (AvgIpc) is 3.41. The number of rotatable bonds is 6. The summed E-state index contributed by atoms with van der Waals surface area (Å²) in [4.78, 5) is 31.3. The van der Waals surface area contributed by atoms with Crippen molar-refractivity contribution in [1.82, 2.24) is 9.88 Å². The lowest BCUT2D eigenvalue weighted by atomic mass is 9.94. The number of phenolic OH excluding ortho intramolecular Hbond substituents is 1. The summed E-state index contributed by atoms with van der Waals surface area (Å²) in [6.07, 6.45) is 2.42. The van der Waals surface area contributed by atoms with Gasteiger partial charge in [0.1, 0.15) is 5.76 Å². The van der Waals surface area contributed by atoms with Crippen LogP contribution in [-0.2, 0) is 16.0 Å². The number of hydrogen-bond donors (Lipinski definition) is 3. The summed E-state index contributed by atoms with van der Waals surface area (Å²) in [6, 6.07) is 18.8. The smallest absolute Gasteiger partial charge is 0.295 e. The standard InChI is InChI=1S/C29H26N2O5/c1-17-7-9-18(10-8-17)27(33)25-26(19-11-12-23(32)24(15-19)36-2)31(29(35)28(25)34)14-13-20-16-30-22-6-4-3-5-21(20)22/h3-12,15-16,26,30,32-33H,13-14H2,1-2H3/b27-25+. The second-order valence-electron chi connectivity index (χ2n) is 8.90. The summed E-state index contributed by atoms with van der Waals surface area (Å²) >= 11 is 0. The van der Waals surface area contributed by atoms with Gasteiger partial charge in [0.05, 0.1) is 18.7 Å². The first-order chi connectivity index (χ1) is 17.4. The number of aromatic amines is 1. The van der Waals surface area contributed by atoms with Crippen molar-refractivity contribution in [3.8, 4) is 11.5 Å². The number of carbonyl (C=O) groups excluding carboxylic acids is 2. The molecule has 0 saturated carbocycles. The fourth-order valence-corrected chi connectivity index (χ4v) is 4.77. The Morgan fingerprint density at radius 2 is 1.81 bits per heavy atom. The van der Waals surface area contributed by atoms with E-state index in [1.54, 1.807) is 24.3 Å². The first-order valence-electron chi connectivity index (χ1n) is 11.7. The van der Waals surface area contributed by atoms with Gasteiger partial charge in [-0.25, -0.2) is 0 Å². The summed E-state index contributed by atoms with van der Waals surface area (Å²) in [5.41, 5.74) is 4.03. The van der Waals surface area contributed by atoms with Gasteiger partial charge in [-0.1, -0.05) is 54.1 Å². The highest BCUT2D eigenvalue weighted by atomic mass is 16.5. The molecular weight excluding hydrogens is 456 g/mol. The number of Topliss-reactive ketones (excluding diaryl/α,β-unsaturated/α-hetero) is 1. The summed E-state index contributed by atoms with van der Waals surface area (Å²) in [6.45, 7) is 2.18. The van der Waals surface area contributed by atoms with Crippen LogP contribution in [-0.4, -0.2) is 45.4 Å². The molecule has 7 nitrogen and oxygen atoms in total. The molecule has 0 spiro atoms. The number of ketones is 1. The molecule has 7 heteroatoms. The van der Waals surface area contributed by atoms with Gasteiger partial charge >= 0.3 is 0 Å². The van der Waals surface area contributed by atoms with Crippen LogP contribution in [0.25, 0.3) is 16.7 Å². The molecule has 1 aliphatic heterocycles. The molecule has 1 amide bonds. The monoisotopic (exact) mass is 482 g/mol. The molecule has 3 N–H and O–H groups in total. The van der Waals surface area contributed by atoms with Crippen molar-refractivity contribution in [3.63, 3.8) is 0 Å². The molecule has 1 aliphatic rings. The topological polar surface area (TPSA) is 103 Å². The van der Waals surface area contributed by atoms with Crippen molar-refractivity contribution in [1.29, 1.82) is 0 Å². The second-order valence-corrected chi connectivity index (χ2v) is 8.90. The van der Waals surface area contributed by atoms with Crippen molar-refractivity contribution in [2.24, 2.45) is 0 Å². The Kier molecular flexibility index (Phi) is 5.98. The van der Waals surface area contributed by atoms with E-state index in [9.17, 15) is 19.8 Å². The predicted molar refractivity (Wildman–Crippen MR) is 137 cm³/mol. The largest absolute Gasteiger partial charge is 0.507 e. The van der Waals surface area contributed by atoms with Crippen LogP contribution in [0.15, 0.2) is 78.5 Å². The predicted octanol–water partition coefficient (Wildman–Crippen LogP) is 4.85. The number of aromatic nitrogens is 1.